The molecule has 0 aliphatic carbocycles. The maximum Gasteiger partial charge on any atom is 0.223 e. The summed E-state index contributed by atoms with van der Waals surface area (Å²) in [5.74, 6) is 1.96. The molecule has 122 valence electrons. The van der Waals surface area contributed by atoms with Gasteiger partial charge in [-0.1, -0.05) is 0 Å². The number of amides is 1. The van der Waals surface area contributed by atoms with Gasteiger partial charge in [-0.15, -0.1) is 0 Å². The van der Waals surface area contributed by atoms with Crippen LogP contribution in [0.25, 0.3) is 0 Å². The Kier molecular flexibility index (Phi) is 6.07. The SMILES string of the molecule is COc1ccc(OC)c(CCNC(=O)C2CCN(C)CC2)c1. The van der Waals surface area contributed by atoms with E-state index in [2.05, 4.69) is 17.3 Å². The van der Waals surface area contributed by atoms with Crippen molar-refractivity contribution in [1.82, 2.24) is 10.2 Å². The van der Waals surface area contributed by atoms with Crippen LogP contribution in [0.15, 0.2) is 18.2 Å². The number of methoxy groups -OCH3 is 2. The van der Waals surface area contributed by atoms with Gasteiger partial charge in [-0.25, -0.2) is 0 Å². The minimum atomic E-state index is 0.156. The summed E-state index contributed by atoms with van der Waals surface area (Å²) in [5, 5.41) is 3.05. The Morgan fingerprint density at radius 2 is 2.00 bits per heavy atom. The molecule has 0 radical (unpaired) electrons. The fourth-order valence-electron chi connectivity index (χ4n) is 2.81. The Morgan fingerprint density at radius 1 is 1.27 bits per heavy atom. The quantitative estimate of drug-likeness (QED) is 0.869. The Balaban J connectivity index is 1.84. The Bertz CT molecular complexity index is 497. The zero-order valence-corrected chi connectivity index (χ0v) is 13.7. The summed E-state index contributed by atoms with van der Waals surface area (Å²) in [6.45, 7) is 2.62. The lowest BCUT2D eigenvalue weighted by atomic mass is 9.96. The number of carbonyl (C=O) groups excluding carboxylic acids is 1. The molecule has 1 fully saturated rings. The van der Waals surface area contributed by atoms with Crippen molar-refractivity contribution in [3.8, 4) is 11.5 Å². The van der Waals surface area contributed by atoms with E-state index in [0.717, 1.165) is 49.4 Å². The first-order valence-electron chi connectivity index (χ1n) is 7.81. The average molecular weight is 306 g/mol. The van der Waals surface area contributed by atoms with Gasteiger partial charge in [0.05, 0.1) is 14.2 Å². The Morgan fingerprint density at radius 3 is 2.64 bits per heavy atom. The van der Waals surface area contributed by atoms with Crippen molar-refractivity contribution in [2.24, 2.45) is 5.92 Å². The first-order valence-corrected chi connectivity index (χ1v) is 7.81. The summed E-state index contributed by atoms with van der Waals surface area (Å²) < 4.78 is 10.6. The van der Waals surface area contributed by atoms with Crippen LogP contribution in [0.3, 0.4) is 0 Å². The fraction of sp³-hybridized carbons (Fsp3) is 0.588. The molecular formula is C17H26N2O3. The van der Waals surface area contributed by atoms with Gasteiger partial charge in [-0.2, -0.15) is 0 Å². The van der Waals surface area contributed by atoms with Gasteiger partial charge in [-0.05, 0) is 63.2 Å². The van der Waals surface area contributed by atoms with Crippen LogP contribution >= 0.6 is 0 Å². The molecular weight excluding hydrogens is 280 g/mol. The molecule has 5 nitrogen and oxygen atoms in total. The summed E-state index contributed by atoms with van der Waals surface area (Å²) in [5.41, 5.74) is 1.05. The van der Waals surface area contributed by atoms with Crippen LogP contribution in [0.1, 0.15) is 18.4 Å². The molecule has 0 atom stereocenters. The molecule has 1 heterocycles. The van der Waals surface area contributed by atoms with E-state index < -0.39 is 0 Å². The van der Waals surface area contributed by atoms with E-state index in [1.54, 1.807) is 14.2 Å². The number of hydrogen-bond acceptors (Lipinski definition) is 4. The van der Waals surface area contributed by atoms with Crippen LogP contribution in [0.5, 0.6) is 11.5 Å². The van der Waals surface area contributed by atoms with Crippen LogP contribution in [0.2, 0.25) is 0 Å². The number of carbonyl (C=O) groups is 1. The van der Waals surface area contributed by atoms with E-state index in [0.29, 0.717) is 6.54 Å². The van der Waals surface area contributed by atoms with Gasteiger partial charge in [0.25, 0.3) is 0 Å². The average Bonchev–Trinajstić information content (AvgIpc) is 2.55. The van der Waals surface area contributed by atoms with Gasteiger partial charge in [-0.3, -0.25) is 4.79 Å². The lowest BCUT2D eigenvalue weighted by Crippen LogP contribution is -2.39. The third kappa shape index (κ3) is 4.37. The van der Waals surface area contributed by atoms with Crippen LogP contribution < -0.4 is 14.8 Å². The molecule has 0 unspecified atom stereocenters. The van der Waals surface area contributed by atoms with Crippen LogP contribution in [0, 0.1) is 5.92 Å². The summed E-state index contributed by atoms with van der Waals surface area (Å²) in [6, 6.07) is 5.73. The minimum absolute atomic E-state index is 0.156. The number of ether oxygens (including phenoxy) is 2. The van der Waals surface area contributed by atoms with Gasteiger partial charge < -0.3 is 19.7 Å². The molecule has 0 spiro atoms. The molecule has 1 aliphatic heterocycles. The van der Waals surface area contributed by atoms with Crippen molar-refractivity contribution < 1.29 is 14.3 Å². The fourth-order valence-corrected chi connectivity index (χ4v) is 2.81. The predicted molar refractivity (Wildman–Crippen MR) is 86.5 cm³/mol. The van der Waals surface area contributed by atoms with Crippen molar-refractivity contribution >= 4 is 5.91 Å². The van der Waals surface area contributed by atoms with Gasteiger partial charge in [0.1, 0.15) is 11.5 Å². The number of piperidine rings is 1. The zero-order valence-electron chi connectivity index (χ0n) is 13.7. The smallest absolute Gasteiger partial charge is 0.223 e. The topological polar surface area (TPSA) is 50.8 Å². The molecule has 1 amide bonds. The number of rotatable bonds is 6. The van der Waals surface area contributed by atoms with E-state index in [-0.39, 0.29) is 11.8 Å². The van der Waals surface area contributed by atoms with E-state index >= 15 is 0 Å². The minimum Gasteiger partial charge on any atom is -0.497 e. The monoisotopic (exact) mass is 306 g/mol. The van der Waals surface area contributed by atoms with Crippen LogP contribution in [-0.4, -0.2) is 51.7 Å². The van der Waals surface area contributed by atoms with E-state index in [1.807, 2.05) is 18.2 Å². The second-order valence-corrected chi connectivity index (χ2v) is 5.80. The number of hydrogen-bond donors (Lipinski definition) is 1. The van der Waals surface area contributed by atoms with Gasteiger partial charge in [0.15, 0.2) is 0 Å². The third-order valence-corrected chi connectivity index (χ3v) is 4.27. The van der Waals surface area contributed by atoms with Crippen molar-refractivity contribution in [3.63, 3.8) is 0 Å². The lowest BCUT2D eigenvalue weighted by Gasteiger charge is -2.28. The molecule has 1 N–H and O–H groups in total. The van der Waals surface area contributed by atoms with E-state index in [9.17, 15) is 4.79 Å². The highest BCUT2D eigenvalue weighted by Crippen LogP contribution is 2.24. The zero-order chi connectivity index (χ0) is 15.9. The standard InChI is InChI=1S/C17H26N2O3/c1-19-10-7-13(8-11-19)17(20)18-9-6-14-12-15(21-2)4-5-16(14)22-3/h4-5,12-13H,6-11H2,1-3H3,(H,18,20). The number of nitrogens with one attached hydrogen (secondary N) is 1. The van der Waals surface area contributed by atoms with Crippen molar-refractivity contribution in [3.05, 3.63) is 23.8 Å². The molecule has 22 heavy (non-hydrogen) atoms. The summed E-state index contributed by atoms with van der Waals surface area (Å²) >= 11 is 0. The predicted octanol–water partition coefficient (Wildman–Crippen LogP) is 1.70. The summed E-state index contributed by atoms with van der Waals surface area (Å²) in [7, 11) is 5.40. The molecule has 0 aromatic heterocycles. The van der Waals surface area contributed by atoms with E-state index in [4.69, 9.17) is 9.47 Å². The Hall–Kier alpha value is -1.75. The molecule has 1 aromatic carbocycles. The number of likely N-dealkylation sites (tertiary alicyclic amines) is 1. The molecule has 0 saturated carbocycles. The highest BCUT2D eigenvalue weighted by Gasteiger charge is 2.22. The van der Waals surface area contributed by atoms with Crippen LogP contribution in [0.4, 0.5) is 0 Å². The largest absolute Gasteiger partial charge is 0.497 e. The second-order valence-electron chi connectivity index (χ2n) is 5.80. The lowest BCUT2D eigenvalue weighted by molar-refractivity contribution is -0.126. The van der Waals surface area contributed by atoms with Crippen molar-refractivity contribution in [1.29, 1.82) is 0 Å². The van der Waals surface area contributed by atoms with Gasteiger partial charge in [0.2, 0.25) is 5.91 Å². The molecule has 0 bridgehead atoms. The van der Waals surface area contributed by atoms with Crippen molar-refractivity contribution in [2.75, 3.05) is 40.9 Å². The van der Waals surface area contributed by atoms with E-state index in [1.165, 1.54) is 0 Å². The molecule has 1 aliphatic rings. The second kappa shape index (κ2) is 8.03. The molecule has 5 heteroatoms. The number of nitrogens with zero attached hydrogens (tertiary/aromatic N) is 1. The molecule has 1 saturated heterocycles. The van der Waals surface area contributed by atoms with Gasteiger partial charge in [0, 0.05) is 12.5 Å². The molecule has 2 rings (SSSR count). The number of benzene rings is 1. The Labute approximate surface area is 132 Å². The highest BCUT2D eigenvalue weighted by atomic mass is 16.5. The van der Waals surface area contributed by atoms with Gasteiger partial charge >= 0.3 is 0 Å². The van der Waals surface area contributed by atoms with Crippen LogP contribution in [-0.2, 0) is 11.2 Å². The third-order valence-electron chi connectivity index (χ3n) is 4.27. The first-order chi connectivity index (χ1) is 10.6. The first kappa shape index (κ1) is 16.6. The highest BCUT2D eigenvalue weighted by molar-refractivity contribution is 5.78. The molecule has 1 aromatic rings. The summed E-state index contributed by atoms with van der Waals surface area (Å²) in [6.07, 6.45) is 2.63. The normalized spacial score (nSPS) is 16.3. The van der Waals surface area contributed by atoms with Crippen molar-refractivity contribution in [2.45, 2.75) is 19.3 Å². The maximum absolute atomic E-state index is 12.2. The summed E-state index contributed by atoms with van der Waals surface area (Å²) in [4.78, 5) is 14.5. The maximum atomic E-state index is 12.2.